The molecule has 0 saturated carbocycles. The van der Waals surface area contributed by atoms with E-state index in [9.17, 15) is 24.8 Å². The van der Waals surface area contributed by atoms with Crippen LogP contribution in [-0.2, 0) is 19.0 Å². The number of fused-ring (bicyclic) bond motifs is 1. The molecule has 5 fully saturated rings. The summed E-state index contributed by atoms with van der Waals surface area (Å²) in [4.78, 5) is 35.4. The number of hydrogen-bond donors (Lipinski definition) is 2. The first-order valence-electron chi connectivity index (χ1n) is 5.96. The number of aliphatic hydroxyl groups is 1. The molecule has 0 radical (unpaired) electrons. The molecule has 5 rings (SSSR count). The number of aliphatic hydroxyl groups excluding tert-OH is 1. The molecule has 0 aliphatic carbocycles. The molecule has 6 atom stereocenters. The number of carbonyl (C=O) groups is 2. The van der Waals surface area contributed by atoms with E-state index in [2.05, 4.69) is 15.9 Å². The molecule has 4 bridgehead atoms. The fourth-order valence-electron chi connectivity index (χ4n) is 3.06. The van der Waals surface area contributed by atoms with Gasteiger partial charge in [-0.1, -0.05) is 0 Å². The molecule has 5 aliphatic heterocycles. The number of carbonyl (C=O) groups excluding carboxylic acids is 2. The summed E-state index contributed by atoms with van der Waals surface area (Å²) >= 11 is 2.75. The van der Waals surface area contributed by atoms with Crippen LogP contribution >= 0.6 is 15.9 Å². The summed E-state index contributed by atoms with van der Waals surface area (Å²) in [6, 6.07) is -0.945. The quantitative estimate of drug-likeness (QED) is 0.237. The maximum atomic E-state index is 12.1. The van der Waals surface area contributed by atoms with Crippen molar-refractivity contribution in [1.29, 1.82) is 0 Å². The molecule has 1 spiro atoms. The predicted octanol–water partition coefficient (Wildman–Crippen LogP) is -1.93. The fourth-order valence-corrected chi connectivity index (χ4v) is 3.56. The molecule has 0 aromatic heterocycles. The van der Waals surface area contributed by atoms with Gasteiger partial charge in [-0.3, -0.25) is 20.2 Å². The van der Waals surface area contributed by atoms with Crippen LogP contribution < -0.4 is 5.32 Å². The first-order chi connectivity index (χ1) is 9.83. The first-order valence-corrected chi connectivity index (χ1v) is 6.75. The van der Waals surface area contributed by atoms with Crippen molar-refractivity contribution in [3.8, 4) is 0 Å². The van der Waals surface area contributed by atoms with Crippen LogP contribution in [0.1, 0.15) is 0 Å². The Morgan fingerprint density at radius 1 is 1.52 bits per heavy atom. The number of halogens is 1. The van der Waals surface area contributed by atoms with Crippen molar-refractivity contribution < 1.29 is 33.8 Å². The van der Waals surface area contributed by atoms with Gasteiger partial charge in [0.25, 0.3) is 0 Å². The highest BCUT2D eigenvalue weighted by Crippen LogP contribution is 2.53. The normalized spacial score (nSPS) is 50.9. The van der Waals surface area contributed by atoms with Gasteiger partial charge in [0.05, 0.1) is 11.5 Å². The van der Waals surface area contributed by atoms with Gasteiger partial charge in [-0.05, 0) is 0 Å². The average molecular weight is 366 g/mol. The Kier molecular flexibility index (Phi) is 2.35. The first kappa shape index (κ1) is 13.3. The van der Waals surface area contributed by atoms with Crippen molar-refractivity contribution in [2.75, 3.05) is 6.61 Å². The Morgan fingerprint density at radius 2 is 2.24 bits per heavy atom. The van der Waals surface area contributed by atoms with E-state index in [0.29, 0.717) is 0 Å². The van der Waals surface area contributed by atoms with E-state index in [1.165, 1.54) is 0 Å². The molecule has 114 valence electrons. The Labute approximate surface area is 124 Å². The highest BCUT2D eigenvalue weighted by atomic mass is 79.9. The van der Waals surface area contributed by atoms with Crippen molar-refractivity contribution in [3.63, 3.8) is 0 Å². The van der Waals surface area contributed by atoms with Gasteiger partial charge in [-0.2, -0.15) is 0 Å². The molecule has 12 heteroatoms. The fraction of sp³-hybridized carbons (Fsp3) is 0.778. The van der Waals surface area contributed by atoms with Gasteiger partial charge in [0, 0.05) is 15.9 Å². The summed E-state index contributed by atoms with van der Waals surface area (Å²) in [5.74, 6) is -3.53. The number of ether oxygens (including phenoxy) is 3. The predicted molar refractivity (Wildman–Crippen MR) is 62.3 cm³/mol. The third-order valence-corrected chi connectivity index (χ3v) is 5.18. The number of hydrogen-bond acceptors (Lipinski definition) is 8. The van der Waals surface area contributed by atoms with Crippen LogP contribution in [0.2, 0.25) is 0 Å². The molecule has 3 amide bonds. The van der Waals surface area contributed by atoms with Crippen LogP contribution in [0.5, 0.6) is 0 Å². The molecule has 5 saturated heterocycles. The van der Waals surface area contributed by atoms with Gasteiger partial charge in [0.15, 0.2) is 6.23 Å². The van der Waals surface area contributed by atoms with Crippen molar-refractivity contribution in [1.82, 2.24) is 10.2 Å². The van der Waals surface area contributed by atoms with E-state index in [-0.39, 0.29) is 6.61 Å². The average Bonchev–Trinajstić information content (AvgIpc) is 2.74. The van der Waals surface area contributed by atoms with Crippen LogP contribution in [-0.4, -0.2) is 68.4 Å². The van der Waals surface area contributed by atoms with E-state index in [0.717, 1.165) is 4.90 Å². The number of rotatable bonds is 1. The molecule has 21 heavy (non-hydrogen) atoms. The molecule has 5 heterocycles. The van der Waals surface area contributed by atoms with E-state index in [1.54, 1.807) is 0 Å². The minimum absolute atomic E-state index is 0.258. The van der Waals surface area contributed by atoms with Crippen LogP contribution in [0.3, 0.4) is 0 Å². The second kappa shape index (κ2) is 3.70. The summed E-state index contributed by atoms with van der Waals surface area (Å²) in [7, 11) is 0. The van der Waals surface area contributed by atoms with Crippen LogP contribution in [0.4, 0.5) is 4.79 Å². The number of imide groups is 1. The molecular weight excluding hydrogens is 358 g/mol. The zero-order valence-electron chi connectivity index (χ0n) is 10.1. The van der Waals surface area contributed by atoms with Gasteiger partial charge in [0.2, 0.25) is 0 Å². The number of amides is 3. The van der Waals surface area contributed by atoms with Crippen molar-refractivity contribution >= 4 is 27.9 Å². The van der Waals surface area contributed by atoms with Gasteiger partial charge in [-0.25, -0.2) is 9.69 Å². The number of alkyl halides is 1. The Hall–Kier alpha value is -1.34. The monoisotopic (exact) mass is 365 g/mol. The largest absolute Gasteiger partial charge is 0.424 e. The van der Waals surface area contributed by atoms with E-state index in [1.807, 2.05) is 5.32 Å². The number of nitro groups is 1. The lowest BCUT2D eigenvalue weighted by atomic mass is 10.1. The SMILES string of the molecule is O=C1NC(=O)[C@@](Br)([N+](=O)[O-])[C@]23OC[C@H]4O[C@H]([C@@H](O2)[C@@H]4O)N13. The maximum absolute atomic E-state index is 12.1. The highest BCUT2D eigenvalue weighted by Gasteiger charge is 2.84. The summed E-state index contributed by atoms with van der Waals surface area (Å²) in [6.45, 7) is -0.258. The topological polar surface area (TPSA) is 140 Å². The van der Waals surface area contributed by atoms with Gasteiger partial charge >= 0.3 is 22.3 Å². The van der Waals surface area contributed by atoms with Crippen molar-refractivity contribution in [3.05, 3.63) is 10.1 Å². The van der Waals surface area contributed by atoms with Gasteiger partial charge in [0.1, 0.15) is 18.3 Å². The van der Waals surface area contributed by atoms with Crippen molar-refractivity contribution in [2.24, 2.45) is 0 Å². The lowest BCUT2D eigenvalue weighted by Gasteiger charge is -2.42. The standard InChI is InChI=1S/C9H8BrN3O8/c10-8(13(17)18)6(15)11-7(16)12-5-4-3(14)2(20-5)1-19-9(8,12)21-4/h2-5,14H,1H2,(H,11,15,16)/t2-,3-,4+,5-,8-,9+/m1/s1. The third kappa shape index (κ3) is 1.24. The number of urea groups is 1. The minimum atomic E-state index is -2.57. The van der Waals surface area contributed by atoms with E-state index in [4.69, 9.17) is 14.2 Å². The van der Waals surface area contributed by atoms with Gasteiger partial charge in [-0.15, -0.1) is 0 Å². The third-order valence-electron chi connectivity index (χ3n) is 4.03. The molecule has 0 unspecified atom stereocenters. The summed E-state index contributed by atoms with van der Waals surface area (Å²) in [6.07, 6.45) is -4.02. The highest BCUT2D eigenvalue weighted by molar-refractivity contribution is 9.10. The summed E-state index contributed by atoms with van der Waals surface area (Å²) < 4.78 is 13.7. The summed E-state index contributed by atoms with van der Waals surface area (Å²) in [5, 5.41) is 23.3. The number of nitrogens with zero attached hydrogens (tertiary/aromatic N) is 2. The molecule has 0 aromatic carbocycles. The zero-order valence-corrected chi connectivity index (χ0v) is 11.7. The molecule has 0 aromatic rings. The molecule has 11 nitrogen and oxygen atoms in total. The van der Waals surface area contributed by atoms with Crippen LogP contribution in [0.15, 0.2) is 0 Å². The Morgan fingerprint density at radius 3 is 2.90 bits per heavy atom. The number of nitrogens with one attached hydrogen (secondary N) is 1. The van der Waals surface area contributed by atoms with Gasteiger partial charge < -0.3 is 19.3 Å². The lowest BCUT2D eigenvalue weighted by Crippen LogP contribution is -2.77. The Bertz CT molecular complexity index is 587. The Balaban J connectivity index is 1.94. The molecule has 2 N–H and O–H groups in total. The molecular formula is C9H8BrN3O8. The lowest BCUT2D eigenvalue weighted by molar-refractivity contribution is -0.573. The maximum Gasteiger partial charge on any atom is 0.424 e. The molecule has 5 aliphatic rings. The smallest absolute Gasteiger partial charge is 0.387 e. The van der Waals surface area contributed by atoms with Crippen LogP contribution in [0, 0.1) is 10.1 Å². The second-order valence-corrected chi connectivity index (χ2v) is 6.19. The van der Waals surface area contributed by atoms with Crippen LogP contribution in [0.25, 0.3) is 0 Å². The van der Waals surface area contributed by atoms with E-state index < -0.39 is 51.8 Å². The summed E-state index contributed by atoms with van der Waals surface area (Å²) in [5.41, 5.74) is 0. The van der Waals surface area contributed by atoms with Crippen molar-refractivity contribution in [2.45, 2.75) is 34.9 Å². The van der Waals surface area contributed by atoms with E-state index >= 15 is 0 Å². The zero-order chi connectivity index (χ0) is 15.2. The second-order valence-electron chi connectivity index (χ2n) is 5.04. The minimum Gasteiger partial charge on any atom is -0.387 e.